The minimum Gasteiger partial charge on any atom is -0.462 e. The highest BCUT2D eigenvalue weighted by atomic mass is 16.6. The molecule has 0 aromatic rings. The Bertz CT molecular complexity index is 1490. The molecular formula is C67H112O6. The van der Waals surface area contributed by atoms with Gasteiger partial charge in [-0.1, -0.05) is 252 Å². The Kier molecular flexibility index (Phi) is 57.4. The third-order valence-electron chi connectivity index (χ3n) is 12.7. The lowest BCUT2D eigenvalue weighted by Gasteiger charge is -2.18. The fourth-order valence-electron chi connectivity index (χ4n) is 8.20. The molecule has 0 aliphatic rings. The lowest BCUT2D eigenvalue weighted by atomic mass is 10.1. The van der Waals surface area contributed by atoms with E-state index in [9.17, 15) is 14.4 Å². The van der Waals surface area contributed by atoms with Crippen molar-refractivity contribution in [3.63, 3.8) is 0 Å². The first-order valence-corrected chi connectivity index (χ1v) is 30.4. The van der Waals surface area contributed by atoms with Crippen molar-refractivity contribution in [2.24, 2.45) is 0 Å². The van der Waals surface area contributed by atoms with Crippen LogP contribution >= 0.6 is 0 Å². The van der Waals surface area contributed by atoms with Crippen LogP contribution in [0.3, 0.4) is 0 Å². The molecule has 0 aliphatic carbocycles. The second-order valence-corrected chi connectivity index (χ2v) is 19.9. The fraction of sp³-hybridized carbons (Fsp3) is 0.687. The van der Waals surface area contributed by atoms with Gasteiger partial charge in [-0.05, 0) is 116 Å². The van der Waals surface area contributed by atoms with Crippen molar-refractivity contribution >= 4 is 17.9 Å². The molecule has 0 heterocycles. The van der Waals surface area contributed by atoms with Gasteiger partial charge in [-0.2, -0.15) is 0 Å². The van der Waals surface area contributed by atoms with Crippen LogP contribution in [0.5, 0.6) is 0 Å². The van der Waals surface area contributed by atoms with E-state index in [1.165, 1.54) is 141 Å². The number of hydrogen-bond acceptors (Lipinski definition) is 6. The lowest BCUT2D eigenvalue weighted by Crippen LogP contribution is -2.30. The van der Waals surface area contributed by atoms with Gasteiger partial charge < -0.3 is 14.2 Å². The van der Waals surface area contributed by atoms with Gasteiger partial charge in [0.1, 0.15) is 13.2 Å². The van der Waals surface area contributed by atoms with E-state index in [4.69, 9.17) is 14.2 Å². The van der Waals surface area contributed by atoms with Crippen LogP contribution in [0, 0.1) is 0 Å². The van der Waals surface area contributed by atoms with Crippen LogP contribution in [0.25, 0.3) is 0 Å². The number of esters is 3. The van der Waals surface area contributed by atoms with E-state index < -0.39 is 6.10 Å². The average Bonchev–Trinajstić information content (AvgIpc) is 3.39. The summed E-state index contributed by atoms with van der Waals surface area (Å²) in [5.74, 6) is -1.00. The summed E-state index contributed by atoms with van der Waals surface area (Å²) in [4.78, 5) is 38.2. The standard InChI is InChI=1S/C67H112O6/c1-4-7-10-13-16-19-22-25-28-31-33-36-39-42-45-48-51-54-57-60-66(69)72-63-64(62-71-65(68)59-56-53-50-47-44-41-38-35-30-27-24-21-18-15-12-9-6-3)73-67(70)61-58-55-52-49-46-43-40-37-34-32-29-26-23-20-17-14-11-8-5-2/h7,10,16,18-19,21,25,27-28,30,32-34,36,42,45,51,54,64H,4-6,8-9,11-15,17,20,22-24,26,29,31,35,37-41,43-44,46-50,52-53,55-63H2,1-3H3/b10-7-,19-16-,21-18-,28-25-,30-27-,34-32-,36-33-,45-42-,54-51-. The molecule has 0 radical (unpaired) electrons. The number of allylic oxidation sites excluding steroid dienone is 18. The molecule has 0 aromatic carbocycles. The topological polar surface area (TPSA) is 78.9 Å². The number of carbonyl (C=O) groups excluding carboxylic acids is 3. The zero-order valence-electron chi connectivity index (χ0n) is 47.6. The maximum atomic E-state index is 12.9. The summed E-state index contributed by atoms with van der Waals surface area (Å²) in [7, 11) is 0. The average molecular weight is 1010 g/mol. The predicted molar refractivity (Wildman–Crippen MR) is 316 cm³/mol. The number of hydrogen-bond donors (Lipinski definition) is 0. The summed E-state index contributed by atoms with van der Waals surface area (Å²) in [5, 5.41) is 0. The number of unbranched alkanes of at least 4 members (excludes halogenated alkanes) is 25. The highest BCUT2D eigenvalue weighted by Crippen LogP contribution is 2.15. The van der Waals surface area contributed by atoms with Gasteiger partial charge >= 0.3 is 17.9 Å². The van der Waals surface area contributed by atoms with Crippen LogP contribution in [0.1, 0.15) is 278 Å². The van der Waals surface area contributed by atoms with Gasteiger partial charge in [-0.15, -0.1) is 0 Å². The van der Waals surface area contributed by atoms with Crippen LogP contribution in [-0.4, -0.2) is 37.2 Å². The Morgan fingerprint density at radius 1 is 0.288 bits per heavy atom. The molecule has 0 amide bonds. The van der Waals surface area contributed by atoms with Crippen LogP contribution in [0.2, 0.25) is 0 Å². The fourth-order valence-corrected chi connectivity index (χ4v) is 8.20. The zero-order chi connectivity index (χ0) is 52.9. The van der Waals surface area contributed by atoms with Crippen molar-refractivity contribution in [2.45, 2.75) is 284 Å². The molecule has 0 aliphatic heterocycles. The van der Waals surface area contributed by atoms with Crippen LogP contribution in [0.15, 0.2) is 109 Å². The third kappa shape index (κ3) is 58.8. The van der Waals surface area contributed by atoms with E-state index in [1.807, 2.05) is 6.08 Å². The van der Waals surface area contributed by atoms with E-state index in [1.54, 1.807) is 0 Å². The smallest absolute Gasteiger partial charge is 0.306 e. The third-order valence-corrected chi connectivity index (χ3v) is 12.7. The Morgan fingerprint density at radius 2 is 0.562 bits per heavy atom. The van der Waals surface area contributed by atoms with Crippen LogP contribution < -0.4 is 0 Å². The van der Waals surface area contributed by atoms with Crippen LogP contribution in [-0.2, 0) is 28.6 Å². The normalized spacial score (nSPS) is 12.9. The molecule has 6 heteroatoms. The summed E-state index contributed by atoms with van der Waals surface area (Å²) in [6.07, 6.45) is 82.3. The molecule has 0 N–H and O–H groups in total. The van der Waals surface area contributed by atoms with Gasteiger partial charge in [-0.25, -0.2) is 0 Å². The maximum absolute atomic E-state index is 12.9. The van der Waals surface area contributed by atoms with Crippen LogP contribution in [0.4, 0.5) is 0 Å². The Balaban J connectivity index is 4.51. The van der Waals surface area contributed by atoms with Crippen molar-refractivity contribution < 1.29 is 28.6 Å². The molecule has 1 unspecified atom stereocenters. The van der Waals surface area contributed by atoms with Crippen molar-refractivity contribution in [3.05, 3.63) is 109 Å². The highest BCUT2D eigenvalue weighted by Gasteiger charge is 2.19. The summed E-state index contributed by atoms with van der Waals surface area (Å²) >= 11 is 0. The minimum absolute atomic E-state index is 0.108. The monoisotopic (exact) mass is 1010 g/mol. The molecule has 0 saturated carbocycles. The zero-order valence-corrected chi connectivity index (χ0v) is 47.6. The van der Waals surface area contributed by atoms with Gasteiger partial charge in [0.15, 0.2) is 6.10 Å². The molecule has 0 fully saturated rings. The van der Waals surface area contributed by atoms with E-state index in [-0.39, 0.29) is 37.5 Å². The lowest BCUT2D eigenvalue weighted by molar-refractivity contribution is -0.166. The number of rotatable bonds is 54. The van der Waals surface area contributed by atoms with Crippen molar-refractivity contribution in [2.75, 3.05) is 13.2 Å². The molecule has 0 aromatic heterocycles. The molecule has 6 nitrogen and oxygen atoms in total. The van der Waals surface area contributed by atoms with Crippen molar-refractivity contribution in [3.8, 4) is 0 Å². The van der Waals surface area contributed by atoms with Gasteiger partial charge in [0.2, 0.25) is 0 Å². The molecule has 0 saturated heterocycles. The largest absolute Gasteiger partial charge is 0.462 e. The Hall–Kier alpha value is -3.93. The summed E-state index contributed by atoms with van der Waals surface area (Å²) in [6.45, 7) is 6.44. The molecular weight excluding hydrogens is 901 g/mol. The molecule has 1 atom stereocenters. The molecule has 73 heavy (non-hydrogen) atoms. The molecule has 0 spiro atoms. The van der Waals surface area contributed by atoms with E-state index in [2.05, 4.69) is 124 Å². The molecule has 0 bridgehead atoms. The van der Waals surface area contributed by atoms with Crippen molar-refractivity contribution in [1.82, 2.24) is 0 Å². The van der Waals surface area contributed by atoms with Gasteiger partial charge in [0, 0.05) is 19.3 Å². The van der Waals surface area contributed by atoms with Gasteiger partial charge in [0.05, 0.1) is 0 Å². The predicted octanol–water partition coefficient (Wildman–Crippen LogP) is 20.7. The second-order valence-electron chi connectivity index (χ2n) is 19.9. The summed E-state index contributed by atoms with van der Waals surface area (Å²) in [6, 6.07) is 0. The summed E-state index contributed by atoms with van der Waals surface area (Å²) < 4.78 is 16.8. The molecule has 416 valence electrons. The second kappa shape index (κ2) is 60.6. The highest BCUT2D eigenvalue weighted by molar-refractivity contribution is 5.71. The van der Waals surface area contributed by atoms with E-state index in [0.29, 0.717) is 19.3 Å². The summed E-state index contributed by atoms with van der Waals surface area (Å²) in [5.41, 5.74) is 0. The first-order valence-electron chi connectivity index (χ1n) is 30.4. The van der Waals surface area contributed by atoms with Gasteiger partial charge in [-0.3, -0.25) is 14.4 Å². The number of ether oxygens (including phenoxy) is 3. The Labute approximate surface area is 450 Å². The number of carbonyl (C=O) groups is 3. The molecule has 0 rings (SSSR count). The minimum atomic E-state index is -0.817. The van der Waals surface area contributed by atoms with E-state index >= 15 is 0 Å². The SMILES string of the molecule is CC/C=C\C/C=C\C/C=C\C/C=C\C/C=C\C/C=C\CCC(=O)OCC(COC(=O)CCCCCCCCC/C=C\C/C=C\CCCCC)OC(=O)CCCCCCCCC/C=C\CCCCCCCCCC. The Morgan fingerprint density at radius 3 is 0.959 bits per heavy atom. The quantitative estimate of drug-likeness (QED) is 0.0261. The van der Waals surface area contributed by atoms with Gasteiger partial charge in [0.25, 0.3) is 0 Å². The first-order chi connectivity index (χ1) is 36.0. The first kappa shape index (κ1) is 69.1. The maximum Gasteiger partial charge on any atom is 0.306 e. The van der Waals surface area contributed by atoms with Crippen molar-refractivity contribution in [1.29, 1.82) is 0 Å². The van der Waals surface area contributed by atoms with E-state index in [0.717, 1.165) is 89.9 Å².